The number of hydrogen-bond acceptors (Lipinski definition) is 4. The Morgan fingerprint density at radius 3 is 3.06 bits per heavy atom. The molecule has 1 heterocycles. The van der Waals surface area contributed by atoms with E-state index in [1.807, 2.05) is 0 Å². The maximum atomic E-state index is 13.0. The molecule has 0 saturated carbocycles. The van der Waals surface area contributed by atoms with Crippen LogP contribution >= 0.6 is 0 Å². The van der Waals surface area contributed by atoms with E-state index in [9.17, 15) is 9.18 Å². The summed E-state index contributed by atoms with van der Waals surface area (Å²) in [5.41, 5.74) is 5.88. The van der Waals surface area contributed by atoms with Gasteiger partial charge in [-0.05, 0) is 31.0 Å². The molecular weight excluding hydrogens is 225 g/mol. The Hall–Kier alpha value is -1.62. The highest BCUT2D eigenvalue weighted by Crippen LogP contribution is 2.17. The molecule has 1 aromatic rings. The van der Waals surface area contributed by atoms with Crippen LogP contribution < -0.4 is 5.73 Å². The van der Waals surface area contributed by atoms with E-state index in [2.05, 4.69) is 0 Å². The van der Waals surface area contributed by atoms with Crippen LogP contribution in [0.25, 0.3) is 0 Å². The summed E-state index contributed by atoms with van der Waals surface area (Å²) in [5, 5.41) is 0. The Labute approximate surface area is 98.5 Å². The molecule has 1 unspecified atom stereocenters. The average Bonchev–Trinajstić information content (AvgIpc) is 2.33. The number of benzene rings is 1. The molecular formula is C12H14FNO3. The molecule has 1 saturated heterocycles. The van der Waals surface area contributed by atoms with Crippen LogP contribution in [0.3, 0.4) is 0 Å². The van der Waals surface area contributed by atoms with Crippen molar-refractivity contribution >= 4 is 11.7 Å². The van der Waals surface area contributed by atoms with E-state index < -0.39 is 11.8 Å². The fourth-order valence-corrected chi connectivity index (χ4v) is 1.72. The van der Waals surface area contributed by atoms with Gasteiger partial charge in [-0.25, -0.2) is 9.18 Å². The molecule has 0 spiro atoms. The fraction of sp³-hybridized carbons (Fsp3) is 0.417. The highest BCUT2D eigenvalue weighted by molar-refractivity contribution is 5.95. The summed E-state index contributed by atoms with van der Waals surface area (Å²) in [4.78, 5) is 11.8. The van der Waals surface area contributed by atoms with Gasteiger partial charge in [-0.15, -0.1) is 0 Å². The van der Waals surface area contributed by atoms with Gasteiger partial charge in [-0.3, -0.25) is 0 Å². The van der Waals surface area contributed by atoms with E-state index in [4.69, 9.17) is 15.2 Å². The van der Waals surface area contributed by atoms with Crippen LogP contribution in [0.5, 0.6) is 0 Å². The zero-order valence-electron chi connectivity index (χ0n) is 9.32. The maximum absolute atomic E-state index is 13.0. The van der Waals surface area contributed by atoms with Crippen LogP contribution in [0.15, 0.2) is 18.2 Å². The average molecular weight is 239 g/mol. The molecule has 5 heteroatoms. The number of carbonyl (C=O) groups excluding carboxylic acids is 1. The van der Waals surface area contributed by atoms with E-state index in [1.54, 1.807) is 0 Å². The fourth-order valence-electron chi connectivity index (χ4n) is 1.72. The van der Waals surface area contributed by atoms with Crippen molar-refractivity contribution in [2.45, 2.75) is 18.9 Å². The Kier molecular flexibility index (Phi) is 3.58. The van der Waals surface area contributed by atoms with Crippen molar-refractivity contribution in [3.8, 4) is 0 Å². The molecule has 0 amide bonds. The van der Waals surface area contributed by atoms with Crippen LogP contribution in [-0.4, -0.2) is 25.3 Å². The number of anilines is 1. The lowest BCUT2D eigenvalue weighted by molar-refractivity contribution is -0.0305. The molecule has 1 aromatic carbocycles. The Morgan fingerprint density at radius 1 is 1.53 bits per heavy atom. The first-order valence-corrected chi connectivity index (χ1v) is 5.50. The summed E-state index contributed by atoms with van der Waals surface area (Å²) in [6, 6.07) is 3.64. The Morgan fingerprint density at radius 2 is 2.35 bits per heavy atom. The van der Waals surface area contributed by atoms with E-state index in [-0.39, 0.29) is 17.4 Å². The molecule has 0 aromatic heterocycles. The minimum Gasteiger partial charge on any atom is -0.456 e. The second-order valence-electron chi connectivity index (χ2n) is 3.98. The van der Waals surface area contributed by atoms with Gasteiger partial charge < -0.3 is 15.2 Å². The number of ether oxygens (including phenoxy) is 2. The predicted octanol–water partition coefficient (Wildman–Crippen LogP) is 1.74. The SMILES string of the molecule is Nc1ccc(F)cc1C(=O)OC1CCCOC1. The molecule has 0 aliphatic carbocycles. The van der Waals surface area contributed by atoms with Gasteiger partial charge in [0.25, 0.3) is 0 Å². The topological polar surface area (TPSA) is 61.6 Å². The van der Waals surface area contributed by atoms with Gasteiger partial charge in [-0.2, -0.15) is 0 Å². The lowest BCUT2D eigenvalue weighted by Crippen LogP contribution is -2.28. The summed E-state index contributed by atoms with van der Waals surface area (Å²) in [6.45, 7) is 1.08. The van der Waals surface area contributed by atoms with Crippen LogP contribution in [0.4, 0.5) is 10.1 Å². The molecule has 17 heavy (non-hydrogen) atoms. The van der Waals surface area contributed by atoms with E-state index >= 15 is 0 Å². The van der Waals surface area contributed by atoms with Gasteiger partial charge in [0.05, 0.1) is 12.2 Å². The smallest absolute Gasteiger partial charge is 0.340 e. The van der Waals surface area contributed by atoms with Gasteiger partial charge in [-0.1, -0.05) is 0 Å². The van der Waals surface area contributed by atoms with E-state index in [1.165, 1.54) is 12.1 Å². The predicted molar refractivity (Wildman–Crippen MR) is 60.1 cm³/mol. The lowest BCUT2D eigenvalue weighted by Gasteiger charge is -2.22. The first kappa shape index (κ1) is 11.9. The molecule has 92 valence electrons. The van der Waals surface area contributed by atoms with Crippen molar-refractivity contribution in [1.82, 2.24) is 0 Å². The summed E-state index contributed by atoms with van der Waals surface area (Å²) in [7, 11) is 0. The first-order chi connectivity index (χ1) is 8.16. The van der Waals surface area contributed by atoms with Crippen molar-refractivity contribution < 1.29 is 18.7 Å². The zero-order valence-corrected chi connectivity index (χ0v) is 9.32. The number of nitrogen functional groups attached to an aromatic ring is 1. The zero-order chi connectivity index (χ0) is 12.3. The molecule has 2 N–H and O–H groups in total. The number of hydrogen-bond donors (Lipinski definition) is 1. The van der Waals surface area contributed by atoms with E-state index in [0.717, 1.165) is 18.9 Å². The van der Waals surface area contributed by atoms with Gasteiger partial charge in [0, 0.05) is 12.3 Å². The molecule has 2 rings (SSSR count). The van der Waals surface area contributed by atoms with Crippen molar-refractivity contribution in [3.05, 3.63) is 29.6 Å². The highest BCUT2D eigenvalue weighted by atomic mass is 19.1. The minimum absolute atomic E-state index is 0.0653. The van der Waals surface area contributed by atoms with Gasteiger partial charge in [0.2, 0.25) is 0 Å². The lowest BCUT2D eigenvalue weighted by atomic mass is 10.1. The quantitative estimate of drug-likeness (QED) is 0.630. The van der Waals surface area contributed by atoms with Crippen molar-refractivity contribution in [2.75, 3.05) is 18.9 Å². The second-order valence-corrected chi connectivity index (χ2v) is 3.98. The Bertz CT molecular complexity index is 416. The standard InChI is InChI=1S/C12H14FNO3/c13-8-3-4-11(14)10(6-8)12(15)17-9-2-1-5-16-7-9/h3-4,6,9H,1-2,5,7,14H2. The third-order valence-electron chi connectivity index (χ3n) is 2.63. The summed E-state index contributed by atoms with van der Waals surface area (Å²) in [5.74, 6) is -1.11. The Balaban J connectivity index is 2.05. The third-order valence-corrected chi connectivity index (χ3v) is 2.63. The third kappa shape index (κ3) is 2.94. The summed E-state index contributed by atoms with van der Waals surface area (Å²) >= 11 is 0. The molecule has 0 bridgehead atoms. The van der Waals surface area contributed by atoms with Crippen LogP contribution in [0.2, 0.25) is 0 Å². The molecule has 1 fully saturated rings. The molecule has 1 aliphatic rings. The van der Waals surface area contributed by atoms with Crippen molar-refractivity contribution in [3.63, 3.8) is 0 Å². The molecule has 4 nitrogen and oxygen atoms in total. The number of rotatable bonds is 2. The maximum Gasteiger partial charge on any atom is 0.340 e. The van der Waals surface area contributed by atoms with Crippen molar-refractivity contribution in [1.29, 1.82) is 0 Å². The first-order valence-electron chi connectivity index (χ1n) is 5.50. The minimum atomic E-state index is -0.600. The van der Waals surface area contributed by atoms with Crippen LogP contribution in [0, 0.1) is 5.82 Å². The number of halogens is 1. The second kappa shape index (κ2) is 5.14. The largest absolute Gasteiger partial charge is 0.456 e. The molecule has 1 aliphatic heterocycles. The number of nitrogens with two attached hydrogens (primary N) is 1. The van der Waals surface area contributed by atoms with E-state index in [0.29, 0.717) is 13.2 Å². The van der Waals surface area contributed by atoms with Crippen LogP contribution in [0.1, 0.15) is 23.2 Å². The summed E-state index contributed by atoms with van der Waals surface area (Å²) < 4.78 is 23.4. The van der Waals surface area contributed by atoms with Crippen molar-refractivity contribution in [2.24, 2.45) is 0 Å². The number of carbonyl (C=O) groups is 1. The van der Waals surface area contributed by atoms with Gasteiger partial charge in [0.15, 0.2) is 0 Å². The highest BCUT2D eigenvalue weighted by Gasteiger charge is 2.20. The molecule has 1 atom stereocenters. The van der Waals surface area contributed by atoms with Crippen LogP contribution in [-0.2, 0) is 9.47 Å². The monoisotopic (exact) mass is 239 g/mol. The summed E-state index contributed by atoms with van der Waals surface area (Å²) in [6.07, 6.45) is 1.36. The van der Waals surface area contributed by atoms with Gasteiger partial charge >= 0.3 is 5.97 Å². The molecule has 0 radical (unpaired) electrons. The van der Waals surface area contributed by atoms with Gasteiger partial charge in [0.1, 0.15) is 11.9 Å². The normalized spacial score (nSPS) is 19.9. The number of esters is 1.